The number of aromatic nitrogens is 2. The number of fused-ring (bicyclic) bond motifs is 1. The van der Waals surface area contributed by atoms with Gasteiger partial charge in [0.15, 0.2) is 0 Å². The van der Waals surface area contributed by atoms with E-state index >= 15 is 0 Å². The number of hydrogen-bond donors (Lipinski definition) is 0. The summed E-state index contributed by atoms with van der Waals surface area (Å²) in [5.41, 5.74) is 4.47. The summed E-state index contributed by atoms with van der Waals surface area (Å²) in [5, 5.41) is 4.67. The number of carbonyl (C=O) groups excluding carboxylic acids is 1. The lowest BCUT2D eigenvalue weighted by Crippen LogP contribution is -2.52. The number of carbonyl (C=O) groups is 1. The summed E-state index contributed by atoms with van der Waals surface area (Å²) >= 11 is 0. The molecule has 1 aromatic rings. The summed E-state index contributed by atoms with van der Waals surface area (Å²) in [5.74, 6) is 0.841. The number of ether oxygens (including phenoxy) is 1. The fourth-order valence-electron chi connectivity index (χ4n) is 5.49. The molecule has 174 valence electrons. The van der Waals surface area contributed by atoms with Gasteiger partial charge in [0.2, 0.25) is 5.91 Å². The first-order valence-electron chi connectivity index (χ1n) is 12.1. The third-order valence-electron chi connectivity index (χ3n) is 7.14. The molecule has 1 amide bonds. The second-order valence-electron chi connectivity index (χ2n) is 9.60. The number of methoxy groups -OCH3 is 1. The van der Waals surface area contributed by atoms with Gasteiger partial charge >= 0.3 is 0 Å². The van der Waals surface area contributed by atoms with Crippen molar-refractivity contribution in [2.45, 2.75) is 78.3 Å². The molecule has 0 unspecified atom stereocenters. The lowest BCUT2D eigenvalue weighted by molar-refractivity contribution is -0.133. The smallest absolute Gasteiger partial charge is 0.222 e. The van der Waals surface area contributed by atoms with E-state index in [1.165, 1.54) is 50.8 Å². The molecule has 2 saturated heterocycles. The number of hydrogen-bond acceptors (Lipinski definition) is 4. The maximum Gasteiger partial charge on any atom is 0.222 e. The molecule has 0 aromatic carbocycles. The van der Waals surface area contributed by atoms with Crippen LogP contribution >= 0.6 is 0 Å². The second-order valence-corrected chi connectivity index (χ2v) is 9.60. The van der Waals surface area contributed by atoms with E-state index < -0.39 is 0 Å². The number of nitrogens with zero attached hydrogens (tertiary/aromatic N) is 4. The Hall–Kier alpha value is -1.66. The third-order valence-corrected chi connectivity index (χ3v) is 7.14. The first-order chi connectivity index (χ1) is 14.9. The van der Waals surface area contributed by atoms with Crippen LogP contribution in [0.1, 0.15) is 62.4 Å². The van der Waals surface area contributed by atoms with E-state index in [4.69, 9.17) is 4.74 Å². The van der Waals surface area contributed by atoms with Crippen molar-refractivity contribution in [3.8, 4) is 0 Å². The summed E-state index contributed by atoms with van der Waals surface area (Å²) in [6, 6.07) is 0.658. The lowest BCUT2D eigenvalue weighted by Gasteiger charge is -2.45. The van der Waals surface area contributed by atoms with Crippen molar-refractivity contribution in [2.24, 2.45) is 5.92 Å². The highest BCUT2D eigenvalue weighted by Crippen LogP contribution is 2.31. The average Bonchev–Trinajstić information content (AvgIpc) is 3.01. The zero-order chi connectivity index (χ0) is 22.4. The molecule has 2 fully saturated rings. The molecule has 0 aliphatic carbocycles. The molecule has 6 heteroatoms. The molecule has 0 N–H and O–H groups in total. The van der Waals surface area contributed by atoms with Crippen LogP contribution in [0.4, 0.5) is 0 Å². The predicted molar refractivity (Wildman–Crippen MR) is 125 cm³/mol. The van der Waals surface area contributed by atoms with E-state index in [2.05, 4.69) is 28.4 Å². The van der Waals surface area contributed by atoms with E-state index in [9.17, 15) is 4.79 Å². The van der Waals surface area contributed by atoms with Crippen LogP contribution in [-0.4, -0.2) is 71.4 Å². The summed E-state index contributed by atoms with van der Waals surface area (Å²) in [7, 11) is 1.72. The summed E-state index contributed by atoms with van der Waals surface area (Å²) in [6.45, 7) is 15.5. The molecule has 2 atom stereocenters. The van der Waals surface area contributed by atoms with Crippen molar-refractivity contribution >= 4 is 5.91 Å². The average molecular weight is 431 g/mol. The molecule has 0 saturated carbocycles. The van der Waals surface area contributed by atoms with E-state index in [1.54, 1.807) is 7.11 Å². The maximum absolute atomic E-state index is 13.3. The van der Waals surface area contributed by atoms with Gasteiger partial charge in [-0.3, -0.25) is 9.48 Å². The van der Waals surface area contributed by atoms with Gasteiger partial charge in [-0.2, -0.15) is 5.10 Å². The lowest BCUT2D eigenvalue weighted by atomic mass is 9.83. The largest absolute Gasteiger partial charge is 0.383 e. The Morgan fingerprint density at radius 1 is 1.23 bits per heavy atom. The van der Waals surface area contributed by atoms with Gasteiger partial charge in [0, 0.05) is 38.4 Å². The van der Waals surface area contributed by atoms with Crippen molar-refractivity contribution in [2.75, 3.05) is 39.9 Å². The standard InChI is InChI=1S/C25H42N4O2/c1-19(2)17-29-21(4)23(20(3)26-29)11-12-25(30)28(15-16-31-5)18-22-9-8-14-27-13-7-6-10-24(22)27/h22,24H,1,6-18H2,2-5H3/t22-,24+/m1/s1. The van der Waals surface area contributed by atoms with Crippen LogP contribution in [0.3, 0.4) is 0 Å². The molecule has 0 spiro atoms. The van der Waals surface area contributed by atoms with E-state index in [-0.39, 0.29) is 5.91 Å². The summed E-state index contributed by atoms with van der Waals surface area (Å²) < 4.78 is 7.35. The molecule has 3 heterocycles. The Kier molecular flexibility index (Phi) is 8.73. The highest BCUT2D eigenvalue weighted by molar-refractivity contribution is 5.76. The SMILES string of the molecule is C=C(C)Cn1nc(C)c(CCC(=O)N(CCOC)C[C@H]2CCCN3CCCC[C@@H]23)c1C. The van der Waals surface area contributed by atoms with Crippen molar-refractivity contribution < 1.29 is 9.53 Å². The Labute approximate surface area is 188 Å². The molecule has 31 heavy (non-hydrogen) atoms. The number of amides is 1. The Bertz CT molecular complexity index is 755. The maximum atomic E-state index is 13.3. The monoisotopic (exact) mass is 430 g/mol. The van der Waals surface area contributed by atoms with E-state index in [1.807, 2.05) is 18.5 Å². The minimum absolute atomic E-state index is 0.247. The molecule has 0 bridgehead atoms. The molecule has 2 aliphatic rings. The van der Waals surface area contributed by atoms with Gasteiger partial charge in [-0.05, 0) is 77.4 Å². The van der Waals surface area contributed by atoms with Gasteiger partial charge in [-0.25, -0.2) is 0 Å². The summed E-state index contributed by atoms with van der Waals surface area (Å²) in [4.78, 5) is 18.0. The highest BCUT2D eigenvalue weighted by atomic mass is 16.5. The topological polar surface area (TPSA) is 50.6 Å². The molecule has 6 nitrogen and oxygen atoms in total. The third kappa shape index (κ3) is 6.19. The van der Waals surface area contributed by atoms with Gasteiger partial charge in [-0.1, -0.05) is 18.6 Å². The van der Waals surface area contributed by atoms with Crippen molar-refractivity contribution in [3.63, 3.8) is 0 Å². The summed E-state index contributed by atoms with van der Waals surface area (Å²) in [6.07, 6.45) is 7.72. The molecule has 1 aromatic heterocycles. The zero-order valence-corrected chi connectivity index (χ0v) is 20.2. The van der Waals surface area contributed by atoms with Crippen molar-refractivity contribution in [1.29, 1.82) is 0 Å². The van der Waals surface area contributed by atoms with Crippen LogP contribution < -0.4 is 0 Å². The van der Waals surface area contributed by atoms with Crippen molar-refractivity contribution in [1.82, 2.24) is 19.6 Å². The van der Waals surface area contributed by atoms with Crippen molar-refractivity contribution in [3.05, 3.63) is 29.1 Å². The first-order valence-corrected chi connectivity index (χ1v) is 12.1. The fourth-order valence-corrected chi connectivity index (χ4v) is 5.49. The minimum Gasteiger partial charge on any atom is -0.383 e. The quantitative estimate of drug-likeness (QED) is 0.531. The fraction of sp³-hybridized carbons (Fsp3) is 0.760. The van der Waals surface area contributed by atoms with Gasteiger partial charge in [0.05, 0.1) is 18.8 Å². The van der Waals surface area contributed by atoms with Gasteiger partial charge in [0.1, 0.15) is 0 Å². The minimum atomic E-state index is 0.247. The van der Waals surface area contributed by atoms with Gasteiger partial charge in [-0.15, -0.1) is 0 Å². The van der Waals surface area contributed by atoms with Crippen LogP contribution in [0.25, 0.3) is 0 Å². The number of piperidine rings is 2. The van der Waals surface area contributed by atoms with Crippen LogP contribution in [0.5, 0.6) is 0 Å². The predicted octanol–water partition coefficient (Wildman–Crippen LogP) is 3.75. The van der Waals surface area contributed by atoms with Crippen LogP contribution in [-0.2, 0) is 22.5 Å². The normalized spacial score (nSPS) is 21.7. The zero-order valence-electron chi connectivity index (χ0n) is 20.2. The highest BCUT2D eigenvalue weighted by Gasteiger charge is 2.34. The van der Waals surface area contributed by atoms with E-state index in [0.29, 0.717) is 31.5 Å². The number of rotatable bonds is 10. The first kappa shape index (κ1) is 24.0. The molecular weight excluding hydrogens is 388 g/mol. The Balaban J connectivity index is 1.63. The van der Waals surface area contributed by atoms with Crippen LogP contribution in [0.2, 0.25) is 0 Å². The van der Waals surface area contributed by atoms with E-state index in [0.717, 1.165) is 36.5 Å². The van der Waals surface area contributed by atoms with Crippen LogP contribution in [0, 0.1) is 19.8 Å². The molecular formula is C25H42N4O2. The second kappa shape index (κ2) is 11.3. The van der Waals surface area contributed by atoms with Gasteiger partial charge in [0.25, 0.3) is 0 Å². The molecule has 3 rings (SSSR count). The molecule has 2 aliphatic heterocycles. The van der Waals surface area contributed by atoms with Crippen LogP contribution in [0.15, 0.2) is 12.2 Å². The Morgan fingerprint density at radius 2 is 2.00 bits per heavy atom. The van der Waals surface area contributed by atoms with Gasteiger partial charge < -0.3 is 14.5 Å². The number of allylic oxidation sites excluding steroid dienone is 1. The number of aryl methyl sites for hydroxylation is 1. The molecule has 0 radical (unpaired) electrons. The Morgan fingerprint density at radius 3 is 2.74 bits per heavy atom.